The van der Waals surface area contributed by atoms with Gasteiger partial charge in [0, 0.05) is 32.7 Å². The van der Waals surface area contributed by atoms with E-state index in [0.29, 0.717) is 0 Å². The van der Waals surface area contributed by atoms with Crippen LogP contribution in [0.25, 0.3) is 66.1 Å². The minimum atomic E-state index is 0.932. The first kappa shape index (κ1) is 22.9. The van der Waals surface area contributed by atoms with E-state index < -0.39 is 0 Å². The number of furan rings is 2. The molecule has 0 aliphatic rings. The summed E-state index contributed by atoms with van der Waals surface area (Å²) in [7, 11) is 0. The topological polar surface area (TPSA) is 26.3 Å². The van der Waals surface area contributed by atoms with Crippen molar-refractivity contribution in [2.75, 3.05) is 0 Å². The van der Waals surface area contributed by atoms with Crippen molar-refractivity contribution >= 4 is 43.9 Å². The van der Waals surface area contributed by atoms with Gasteiger partial charge in [0.1, 0.15) is 22.3 Å². The SMILES string of the molecule is c1ccc2c(c1)oc1c(-c3ccc(CCc4ccc(-c5cccc6c5oc5ccccc56)cc4)cc3)cccc12. The van der Waals surface area contributed by atoms with Gasteiger partial charge in [0.2, 0.25) is 0 Å². The predicted octanol–water partition coefficient (Wildman–Crippen LogP) is 10.6. The molecule has 0 unspecified atom stereocenters. The maximum Gasteiger partial charge on any atom is 0.143 e. The average molecular weight is 515 g/mol. The lowest BCUT2D eigenvalue weighted by Gasteiger charge is -2.07. The van der Waals surface area contributed by atoms with Gasteiger partial charge < -0.3 is 8.83 Å². The summed E-state index contributed by atoms with van der Waals surface area (Å²) in [6.07, 6.45) is 1.99. The van der Waals surface area contributed by atoms with E-state index in [1.807, 2.05) is 24.3 Å². The maximum absolute atomic E-state index is 6.25. The molecule has 2 heterocycles. The zero-order valence-corrected chi connectivity index (χ0v) is 21.9. The Labute approximate surface area is 232 Å². The van der Waals surface area contributed by atoms with Crippen LogP contribution in [-0.4, -0.2) is 0 Å². The van der Waals surface area contributed by atoms with Crippen molar-refractivity contribution in [1.29, 1.82) is 0 Å². The zero-order chi connectivity index (χ0) is 26.5. The van der Waals surface area contributed by atoms with E-state index in [1.165, 1.54) is 22.3 Å². The Morgan fingerprint density at radius 2 is 0.750 bits per heavy atom. The van der Waals surface area contributed by atoms with E-state index in [1.54, 1.807) is 0 Å². The van der Waals surface area contributed by atoms with E-state index in [2.05, 4.69) is 109 Å². The summed E-state index contributed by atoms with van der Waals surface area (Å²) in [6.45, 7) is 0. The number of aryl methyl sites for hydroxylation is 2. The molecule has 0 radical (unpaired) electrons. The third-order valence-electron chi connectivity index (χ3n) is 8.04. The second kappa shape index (κ2) is 9.29. The number of para-hydroxylation sites is 4. The van der Waals surface area contributed by atoms with Gasteiger partial charge in [-0.1, -0.05) is 121 Å². The molecule has 8 aromatic rings. The fraction of sp³-hybridized carbons (Fsp3) is 0.0526. The molecule has 0 saturated heterocycles. The summed E-state index contributed by atoms with van der Waals surface area (Å²) in [5, 5.41) is 4.65. The van der Waals surface area contributed by atoms with Crippen LogP contribution < -0.4 is 0 Å². The molecule has 0 atom stereocenters. The second-order valence-electron chi connectivity index (χ2n) is 10.5. The fourth-order valence-electron chi connectivity index (χ4n) is 5.94. The van der Waals surface area contributed by atoms with Gasteiger partial charge in [0.05, 0.1) is 0 Å². The lowest BCUT2D eigenvalue weighted by molar-refractivity contribution is 0.669. The van der Waals surface area contributed by atoms with E-state index in [0.717, 1.165) is 67.8 Å². The van der Waals surface area contributed by atoms with Crippen LogP contribution in [0.5, 0.6) is 0 Å². The highest BCUT2D eigenvalue weighted by atomic mass is 16.3. The number of rotatable bonds is 5. The Balaban J connectivity index is 1.01. The van der Waals surface area contributed by atoms with Gasteiger partial charge in [-0.05, 0) is 47.2 Å². The first-order valence-electron chi connectivity index (χ1n) is 13.8. The second-order valence-corrected chi connectivity index (χ2v) is 10.5. The molecule has 0 aliphatic carbocycles. The van der Waals surface area contributed by atoms with Gasteiger partial charge in [-0.3, -0.25) is 0 Å². The highest BCUT2D eigenvalue weighted by molar-refractivity contribution is 6.10. The van der Waals surface area contributed by atoms with Crippen LogP contribution in [0.2, 0.25) is 0 Å². The van der Waals surface area contributed by atoms with Crippen molar-refractivity contribution in [2.45, 2.75) is 12.8 Å². The molecule has 0 saturated carbocycles. The Kier molecular flexibility index (Phi) is 5.31. The van der Waals surface area contributed by atoms with Gasteiger partial charge in [-0.15, -0.1) is 0 Å². The van der Waals surface area contributed by atoms with Crippen molar-refractivity contribution in [1.82, 2.24) is 0 Å². The van der Waals surface area contributed by atoms with Gasteiger partial charge in [-0.25, -0.2) is 0 Å². The predicted molar refractivity (Wildman–Crippen MR) is 166 cm³/mol. The van der Waals surface area contributed by atoms with E-state index in [-0.39, 0.29) is 0 Å². The van der Waals surface area contributed by atoms with Gasteiger partial charge in [0.25, 0.3) is 0 Å². The van der Waals surface area contributed by atoms with Crippen LogP contribution >= 0.6 is 0 Å². The molecule has 2 aromatic heterocycles. The zero-order valence-electron chi connectivity index (χ0n) is 21.9. The van der Waals surface area contributed by atoms with Crippen molar-refractivity contribution in [3.8, 4) is 22.3 Å². The Morgan fingerprint density at radius 1 is 0.350 bits per heavy atom. The van der Waals surface area contributed by atoms with Crippen molar-refractivity contribution in [3.05, 3.63) is 145 Å². The molecule has 0 aliphatic heterocycles. The van der Waals surface area contributed by atoms with Crippen molar-refractivity contribution < 1.29 is 8.83 Å². The summed E-state index contributed by atoms with van der Waals surface area (Å²) in [6, 6.07) is 47.1. The lowest BCUT2D eigenvalue weighted by Crippen LogP contribution is -1.92. The Hall–Kier alpha value is -5.08. The molecule has 8 rings (SSSR count). The monoisotopic (exact) mass is 514 g/mol. The van der Waals surface area contributed by atoms with Crippen LogP contribution in [0, 0.1) is 0 Å². The molecule has 0 amide bonds. The molecule has 2 heteroatoms. The summed E-state index contributed by atoms with van der Waals surface area (Å²) in [5.41, 5.74) is 11.1. The van der Waals surface area contributed by atoms with Crippen molar-refractivity contribution in [3.63, 3.8) is 0 Å². The Bertz CT molecular complexity index is 1980. The highest BCUT2D eigenvalue weighted by Crippen LogP contribution is 2.37. The number of hydrogen-bond acceptors (Lipinski definition) is 2. The average Bonchev–Trinajstić information content (AvgIpc) is 3.59. The minimum absolute atomic E-state index is 0.932. The summed E-state index contributed by atoms with van der Waals surface area (Å²) in [5.74, 6) is 0. The first-order valence-corrected chi connectivity index (χ1v) is 13.8. The third-order valence-corrected chi connectivity index (χ3v) is 8.04. The fourth-order valence-corrected chi connectivity index (χ4v) is 5.94. The molecule has 6 aromatic carbocycles. The number of fused-ring (bicyclic) bond motifs is 6. The molecule has 0 spiro atoms. The van der Waals surface area contributed by atoms with E-state index in [9.17, 15) is 0 Å². The summed E-state index contributed by atoms with van der Waals surface area (Å²) in [4.78, 5) is 0. The van der Waals surface area contributed by atoms with Crippen LogP contribution in [-0.2, 0) is 12.8 Å². The quantitative estimate of drug-likeness (QED) is 0.228. The highest BCUT2D eigenvalue weighted by Gasteiger charge is 2.13. The van der Waals surface area contributed by atoms with Gasteiger partial charge in [-0.2, -0.15) is 0 Å². The molecular formula is C38H26O2. The molecule has 40 heavy (non-hydrogen) atoms. The standard InChI is InChI=1S/C38H26O2/c1-3-13-35-31(7-1)33-11-5-9-29(37(33)39-35)27-21-17-25(18-22-27)15-16-26-19-23-28(24-20-26)30-10-6-12-34-32-8-2-4-14-36(32)40-38(30)34/h1-14,17-24H,15-16H2. The van der Waals surface area contributed by atoms with Crippen LogP contribution in [0.15, 0.2) is 142 Å². The minimum Gasteiger partial charge on any atom is -0.455 e. The summed E-state index contributed by atoms with van der Waals surface area (Å²) >= 11 is 0. The van der Waals surface area contributed by atoms with Gasteiger partial charge >= 0.3 is 0 Å². The lowest BCUT2D eigenvalue weighted by atomic mass is 9.97. The van der Waals surface area contributed by atoms with Crippen molar-refractivity contribution in [2.24, 2.45) is 0 Å². The van der Waals surface area contributed by atoms with Crippen LogP contribution in [0.4, 0.5) is 0 Å². The maximum atomic E-state index is 6.25. The molecule has 190 valence electrons. The first-order chi connectivity index (χ1) is 19.8. The third kappa shape index (κ3) is 3.80. The number of hydrogen-bond donors (Lipinski definition) is 0. The van der Waals surface area contributed by atoms with Gasteiger partial charge in [0.15, 0.2) is 0 Å². The molecule has 0 N–H and O–H groups in total. The summed E-state index contributed by atoms with van der Waals surface area (Å²) < 4.78 is 12.5. The normalized spacial score (nSPS) is 11.7. The van der Waals surface area contributed by atoms with E-state index >= 15 is 0 Å². The molecule has 0 fully saturated rings. The van der Waals surface area contributed by atoms with Crippen LogP contribution in [0.3, 0.4) is 0 Å². The van der Waals surface area contributed by atoms with E-state index in [4.69, 9.17) is 8.83 Å². The molecular weight excluding hydrogens is 488 g/mol. The molecule has 2 nitrogen and oxygen atoms in total. The Morgan fingerprint density at radius 3 is 1.20 bits per heavy atom. The number of benzene rings is 6. The largest absolute Gasteiger partial charge is 0.455 e. The smallest absolute Gasteiger partial charge is 0.143 e. The van der Waals surface area contributed by atoms with Crippen LogP contribution in [0.1, 0.15) is 11.1 Å². The molecule has 0 bridgehead atoms.